The highest BCUT2D eigenvalue weighted by Crippen LogP contribution is 2.58. The summed E-state index contributed by atoms with van der Waals surface area (Å²) in [6.07, 6.45) is 0. The van der Waals surface area contributed by atoms with Gasteiger partial charge in [-0.2, -0.15) is 4.31 Å². The second kappa shape index (κ2) is 6.59. The molecule has 2 atom stereocenters. The van der Waals surface area contributed by atoms with Crippen molar-refractivity contribution in [2.75, 3.05) is 0 Å². The Balaban J connectivity index is 1.65. The maximum absolute atomic E-state index is 13.7. The Morgan fingerprint density at radius 2 is 1.07 bits per heavy atom. The summed E-state index contributed by atoms with van der Waals surface area (Å²) in [7, 11) is -3.65. The summed E-state index contributed by atoms with van der Waals surface area (Å²) in [4.78, 5) is 0.366. The van der Waals surface area contributed by atoms with Crippen molar-refractivity contribution in [1.29, 1.82) is 0 Å². The van der Waals surface area contributed by atoms with Crippen molar-refractivity contribution in [3.8, 4) is 0 Å². The van der Waals surface area contributed by atoms with Gasteiger partial charge in [-0.3, -0.25) is 0 Å². The maximum atomic E-state index is 13.7. The molecule has 0 radical (unpaired) electrons. The smallest absolute Gasteiger partial charge is 0.207 e. The van der Waals surface area contributed by atoms with E-state index in [1.54, 1.807) is 10.4 Å². The minimum Gasteiger partial charge on any atom is -0.207 e. The Bertz CT molecular complexity index is 1190. The van der Waals surface area contributed by atoms with Crippen LogP contribution in [0.5, 0.6) is 0 Å². The van der Waals surface area contributed by atoms with E-state index in [9.17, 15) is 8.42 Å². The van der Waals surface area contributed by atoms with Crippen LogP contribution in [-0.4, -0.2) is 12.7 Å². The Kier molecular flexibility index (Phi) is 4.04. The van der Waals surface area contributed by atoms with Gasteiger partial charge < -0.3 is 0 Å². The van der Waals surface area contributed by atoms with Gasteiger partial charge >= 0.3 is 0 Å². The predicted octanol–water partition coefficient (Wildman–Crippen LogP) is 5.33. The molecule has 1 heterocycles. The van der Waals surface area contributed by atoms with Gasteiger partial charge in [-0.15, -0.1) is 0 Å². The molecule has 28 heavy (non-hydrogen) atoms. The Labute approximate surface area is 164 Å². The van der Waals surface area contributed by atoms with Crippen molar-refractivity contribution in [1.82, 2.24) is 4.31 Å². The zero-order valence-corrected chi connectivity index (χ0v) is 16.0. The van der Waals surface area contributed by atoms with Crippen molar-refractivity contribution >= 4 is 20.8 Å². The van der Waals surface area contributed by atoms with Crippen molar-refractivity contribution in [3.63, 3.8) is 0 Å². The number of sulfonamides is 1. The number of hydrogen-bond acceptors (Lipinski definition) is 2. The predicted molar refractivity (Wildman–Crippen MR) is 111 cm³/mol. The van der Waals surface area contributed by atoms with E-state index >= 15 is 0 Å². The lowest BCUT2D eigenvalue weighted by Gasteiger charge is -2.10. The molecular weight excluding hydrogens is 366 g/mol. The van der Waals surface area contributed by atoms with Crippen molar-refractivity contribution in [2.45, 2.75) is 17.0 Å². The third kappa shape index (κ3) is 2.73. The molecule has 1 aliphatic heterocycles. The second-order valence-electron chi connectivity index (χ2n) is 7.02. The molecule has 1 aliphatic rings. The van der Waals surface area contributed by atoms with E-state index in [2.05, 4.69) is 0 Å². The molecule has 5 rings (SSSR count). The first-order valence-electron chi connectivity index (χ1n) is 9.29. The lowest BCUT2D eigenvalue weighted by molar-refractivity contribution is 0.548. The molecule has 1 fully saturated rings. The Morgan fingerprint density at radius 3 is 1.68 bits per heavy atom. The molecule has 0 N–H and O–H groups in total. The zero-order valence-electron chi connectivity index (χ0n) is 15.1. The van der Waals surface area contributed by atoms with E-state index in [-0.39, 0.29) is 12.1 Å². The van der Waals surface area contributed by atoms with Gasteiger partial charge in [0.15, 0.2) is 0 Å². The molecule has 3 nitrogen and oxygen atoms in total. The highest BCUT2D eigenvalue weighted by atomic mass is 32.2. The summed E-state index contributed by atoms with van der Waals surface area (Å²) in [6.45, 7) is 0. The molecule has 0 amide bonds. The quantitative estimate of drug-likeness (QED) is 0.446. The lowest BCUT2D eigenvalue weighted by atomic mass is 10.0. The molecule has 4 heteroatoms. The third-order valence-corrected chi connectivity index (χ3v) is 7.27. The highest BCUT2D eigenvalue weighted by Gasteiger charge is 2.57. The van der Waals surface area contributed by atoms with Crippen molar-refractivity contribution in [3.05, 3.63) is 114 Å². The van der Waals surface area contributed by atoms with E-state index in [1.165, 1.54) is 0 Å². The van der Waals surface area contributed by atoms with Crippen LogP contribution < -0.4 is 0 Å². The Morgan fingerprint density at radius 1 is 0.571 bits per heavy atom. The van der Waals surface area contributed by atoms with Gasteiger partial charge in [0.05, 0.1) is 17.0 Å². The van der Waals surface area contributed by atoms with Crippen LogP contribution in [0.1, 0.15) is 23.2 Å². The molecule has 0 bridgehead atoms. The van der Waals surface area contributed by atoms with Gasteiger partial charge in [-0.25, -0.2) is 8.42 Å². The summed E-state index contributed by atoms with van der Waals surface area (Å²) in [5, 5.41) is 1.69. The van der Waals surface area contributed by atoms with Gasteiger partial charge in [-0.05, 0) is 22.6 Å². The van der Waals surface area contributed by atoms with E-state index < -0.39 is 10.0 Å². The summed E-state index contributed by atoms with van der Waals surface area (Å²) < 4.78 is 29.0. The van der Waals surface area contributed by atoms with E-state index in [1.807, 2.05) is 97.1 Å². The van der Waals surface area contributed by atoms with E-state index in [0.29, 0.717) is 4.90 Å². The summed E-state index contributed by atoms with van der Waals surface area (Å²) in [5.74, 6) is 0. The first kappa shape index (κ1) is 17.2. The molecule has 0 aliphatic carbocycles. The largest absolute Gasteiger partial charge is 0.244 e. The first-order valence-corrected chi connectivity index (χ1v) is 10.7. The second-order valence-corrected chi connectivity index (χ2v) is 8.83. The molecule has 138 valence electrons. The van der Waals surface area contributed by atoms with Crippen molar-refractivity contribution in [2.24, 2.45) is 0 Å². The minimum absolute atomic E-state index is 0.187. The molecular formula is C24H19NO2S. The van der Waals surface area contributed by atoms with Crippen LogP contribution in [0.25, 0.3) is 10.8 Å². The summed E-state index contributed by atoms with van der Waals surface area (Å²) in [5.41, 5.74) is 2.03. The number of nitrogens with zero attached hydrogens (tertiary/aromatic N) is 1. The van der Waals surface area contributed by atoms with Crippen LogP contribution in [-0.2, 0) is 10.0 Å². The molecule has 0 aromatic heterocycles. The fourth-order valence-corrected chi connectivity index (χ4v) is 5.96. The molecule has 0 saturated carbocycles. The monoisotopic (exact) mass is 385 g/mol. The fourth-order valence-electron chi connectivity index (χ4n) is 4.00. The van der Waals surface area contributed by atoms with Crippen LogP contribution in [0.4, 0.5) is 0 Å². The summed E-state index contributed by atoms with van der Waals surface area (Å²) >= 11 is 0. The Hall–Kier alpha value is -2.95. The van der Waals surface area contributed by atoms with Gasteiger partial charge in [-0.1, -0.05) is 97.1 Å². The first-order chi connectivity index (χ1) is 13.7. The summed E-state index contributed by atoms with van der Waals surface area (Å²) in [6, 6.07) is 32.4. The van der Waals surface area contributed by atoms with Gasteiger partial charge in [0.25, 0.3) is 0 Å². The van der Waals surface area contributed by atoms with Gasteiger partial charge in [0.2, 0.25) is 10.0 Å². The molecule has 0 spiro atoms. The number of rotatable bonds is 4. The lowest BCUT2D eigenvalue weighted by Crippen LogP contribution is -2.14. The molecule has 1 saturated heterocycles. The van der Waals surface area contributed by atoms with Crippen LogP contribution >= 0.6 is 0 Å². The van der Waals surface area contributed by atoms with Crippen LogP contribution in [0.15, 0.2) is 108 Å². The van der Waals surface area contributed by atoms with E-state index in [0.717, 1.165) is 21.9 Å². The molecule has 0 unspecified atom stereocenters. The van der Waals surface area contributed by atoms with Crippen LogP contribution in [0, 0.1) is 0 Å². The van der Waals surface area contributed by atoms with Gasteiger partial charge in [0.1, 0.15) is 0 Å². The minimum atomic E-state index is -3.65. The maximum Gasteiger partial charge on any atom is 0.244 e. The topological polar surface area (TPSA) is 37.1 Å². The van der Waals surface area contributed by atoms with Crippen molar-refractivity contribution < 1.29 is 8.42 Å². The molecule has 4 aromatic carbocycles. The number of hydrogen-bond donors (Lipinski definition) is 0. The SMILES string of the molecule is O=S(=O)(c1cccc2ccccc12)N1[C@H](c2ccccc2)[C@H]1c1ccccc1. The average molecular weight is 385 g/mol. The highest BCUT2D eigenvalue weighted by molar-refractivity contribution is 7.89. The fraction of sp³-hybridized carbons (Fsp3) is 0.0833. The van der Waals surface area contributed by atoms with Gasteiger partial charge in [0, 0.05) is 5.39 Å². The number of fused-ring (bicyclic) bond motifs is 1. The van der Waals surface area contributed by atoms with Crippen LogP contribution in [0.3, 0.4) is 0 Å². The third-order valence-electron chi connectivity index (χ3n) is 5.34. The van der Waals surface area contributed by atoms with E-state index in [4.69, 9.17) is 0 Å². The average Bonchev–Trinajstić information content (AvgIpc) is 3.51. The normalized spacial score (nSPS) is 21.5. The standard InChI is InChI=1S/C24H19NO2S/c26-28(27,22-17-9-15-18-10-7-8-16-21(18)22)25-23(19-11-3-1-4-12-19)24(25)20-13-5-2-6-14-20/h1-17,23-24H/t23-,24-/m1/s1. The number of benzene rings is 4. The molecule has 4 aromatic rings. The van der Waals surface area contributed by atoms with Crippen LogP contribution in [0.2, 0.25) is 0 Å². The zero-order chi connectivity index (χ0) is 19.1.